The van der Waals surface area contributed by atoms with E-state index in [1.54, 1.807) is 17.0 Å². The van der Waals surface area contributed by atoms with Gasteiger partial charge in [-0.15, -0.1) is 0 Å². The van der Waals surface area contributed by atoms with Crippen LogP contribution in [0.15, 0.2) is 72.8 Å². The van der Waals surface area contributed by atoms with Crippen molar-refractivity contribution in [1.29, 1.82) is 0 Å². The highest BCUT2D eigenvalue weighted by atomic mass is 19.1. The molecule has 4 nitrogen and oxygen atoms in total. The summed E-state index contributed by atoms with van der Waals surface area (Å²) in [7, 11) is 0. The van der Waals surface area contributed by atoms with Crippen molar-refractivity contribution >= 4 is 11.8 Å². The first-order valence-electron chi connectivity index (χ1n) is 10.9. The molecular weight excluding hydrogens is 403 g/mol. The fourth-order valence-electron chi connectivity index (χ4n) is 4.19. The van der Waals surface area contributed by atoms with Gasteiger partial charge >= 0.3 is 0 Å². The van der Waals surface area contributed by atoms with Gasteiger partial charge in [0.15, 0.2) is 0 Å². The minimum atomic E-state index is -0.354. The van der Waals surface area contributed by atoms with Gasteiger partial charge in [0.05, 0.1) is 5.92 Å². The molecular formula is C27H27FN2O2. The number of likely N-dealkylation sites (tertiary alicyclic amines) is 1. The maximum absolute atomic E-state index is 13.2. The normalized spacial score (nSPS) is 17.9. The lowest BCUT2D eigenvalue weighted by Gasteiger charge is -2.18. The largest absolute Gasteiger partial charge is 0.352 e. The summed E-state index contributed by atoms with van der Waals surface area (Å²) in [6, 6.07) is 21.8. The number of carbonyl (C=O) groups excluding carboxylic acids is 2. The third-order valence-corrected chi connectivity index (χ3v) is 6.13. The molecule has 0 saturated carbocycles. The Morgan fingerprint density at radius 2 is 1.47 bits per heavy atom. The van der Waals surface area contributed by atoms with E-state index in [4.69, 9.17) is 0 Å². The molecule has 0 spiro atoms. The Labute approximate surface area is 188 Å². The monoisotopic (exact) mass is 430 g/mol. The summed E-state index contributed by atoms with van der Waals surface area (Å²) >= 11 is 0. The molecule has 1 aliphatic heterocycles. The number of nitrogens with one attached hydrogen (secondary N) is 1. The molecule has 32 heavy (non-hydrogen) atoms. The van der Waals surface area contributed by atoms with Gasteiger partial charge in [-0.25, -0.2) is 4.39 Å². The van der Waals surface area contributed by atoms with E-state index in [1.807, 2.05) is 62.4 Å². The fraction of sp³-hybridized carbons (Fsp3) is 0.259. The van der Waals surface area contributed by atoms with Crippen LogP contribution in [-0.4, -0.2) is 29.8 Å². The van der Waals surface area contributed by atoms with Crippen molar-refractivity contribution in [1.82, 2.24) is 10.2 Å². The average Bonchev–Trinajstić information content (AvgIpc) is 3.24. The van der Waals surface area contributed by atoms with Gasteiger partial charge in [0, 0.05) is 31.1 Å². The molecule has 0 aromatic heterocycles. The molecule has 1 aliphatic rings. The molecule has 1 N–H and O–H groups in total. The van der Waals surface area contributed by atoms with Crippen LogP contribution in [0.4, 0.5) is 4.39 Å². The molecule has 1 saturated heterocycles. The van der Waals surface area contributed by atoms with Crippen molar-refractivity contribution in [2.24, 2.45) is 5.92 Å². The lowest BCUT2D eigenvalue weighted by atomic mass is 9.88. The zero-order valence-corrected chi connectivity index (χ0v) is 18.3. The summed E-state index contributed by atoms with van der Waals surface area (Å²) in [5.41, 5.74) is 4.76. The second-order valence-electron chi connectivity index (χ2n) is 8.54. The topological polar surface area (TPSA) is 49.4 Å². The van der Waals surface area contributed by atoms with Crippen molar-refractivity contribution in [2.75, 3.05) is 13.1 Å². The molecule has 2 atom stereocenters. The van der Waals surface area contributed by atoms with Crippen LogP contribution in [-0.2, 0) is 11.3 Å². The van der Waals surface area contributed by atoms with Gasteiger partial charge in [0.25, 0.3) is 5.91 Å². The second kappa shape index (κ2) is 9.35. The van der Waals surface area contributed by atoms with Gasteiger partial charge in [-0.3, -0.25) is 9.59 Å². The van der Waals surface area contributed by atoms with Crippen LogP contribution in [0.25, 0.3) is 0 Å². The third kappa shape index (κ3) is 4.88. The first-order chi connectivity index (χ1) is 15.4. The summed E-state index contributed by atoms with van der Waals surface area (Å²) in [6.45, 7) is 5.19. The standard InChI is InChI=1S/C27H27FN2O2/c1-18-3-9-21(10-4-18)24-16-30(27(32)22-11-5-19(2)6-12-22)17-25(24)26(31)29-15-20-7-13-23(28)14-8-20/h3-14,24-25H,15-17H2,1-2H3,(H,29,31)/t24-,25-/m1/s1. The minimum Gasteiger partial charge on any atom is -0.352 e. The summed E-state index contributed by atoms with van der Waals surface area (Å²) < 4.78 is 13.2. The van der Waals surface area contributed by atoms with Gasteiger partial charge < -0.3 is 10.2 Å². The van der Waals surface area contributed by atoms with Crippen molar-refractivity contribution in [3.63, 3.8) is 0 Å². The number of hydrogen-bond acceptors (Lipinski definition) is 2. The SMILES string of the molecule is Cc1ccc(C(=O)N2C[C@H](c3ccc(C)cc3)[C@H](C(=O)NCc3ccc(F)cc3)C2)cc1. The van der Waals surface area contributed by atoms with Crippen LogP contribution in [0, 0.1) is 25.6 Å². The van der Waals surface area contributed by atoms with E-state index in [-0.39, 0.29) is 29.5 Å². The smallest absolute Gasteiger partial charge is 0.253 e. The molecule has 4 rings (SSSR count). The highest BCUT2D eigenvalue weighted by molar-refractivity contribution is 5.95. The molecule has 3 aromatic carbocycles. The molecule has 1 heterocycles. The summed E-state index contributed by atoms with van der Waals surface area (Å²) in [6.07, 6.45) is 0. The van der Waals surface area contributed by atoms with Crippen LogP contribution in [0.5, 0.6) is 0 Å². The highest BCUT2D eigenvalue weighted by Gasteiger charge is 2.40. The zero-order chi connectivity index (χ0) is 22.7. The zero-order valence-electron chi connectivity index (χ0n) is 18.3. The Kier molecular flexibility index (Phi) is 6.35. The number of nitrogens with zero attached hydrogens (tertiary/aromatic N) is 1. The number of benzene rings is 3. The predicted octanol–water partition coefficient (Wildman–Crippen LogP) is 4.61. The van der Waals surface area contributed by atoms with Crippen molar-refractivity contribution in [3.8, 4) is 0 Å². The van der Waals surface area contributed by atoms with E-state index in [1.165, 1.54) is 12.1 Å². The van der Waals surface area contributed by atoms with Crippen LogP contribution in [0.2, 0.25) is 0 Å². The van der Waals surface area contributed by atoms with Crippen LogP contribution in [0.1, 0.15) is 38.5 Å². The van der Waals surface area contributed by atoms with Crippen LogP contribution < -0.4 is 5.32 Å². The Morgan fingerprint density at radius 3 is 2.09 bits per heavy atom. The maximum atomic E-state index is 13.2. The van der Waals surface area contributed by atoms with E-state index in [9.17, 15) is 14.0 Å². The summed E-state index contributed by atoms with van der Waals surface area (Å²) in [4.78, 5) is 28.1. The van der Waals surface area contributed by atoms with Crippen molar-refractivity contribution in [2.45, 2.75) is 26.3 Å². The van der Waals surface area contributed by atoms with E-state index in [0.717, 1.165) is 22.3 Å². The Morgan fingerprint density at radius 1 is 0.875 bits per heavy atom. The molecule has 164 valence electrons. The molecule has 1 fully saturated rings. The number of carbonyl (C=O) groups is 2. The quantitative estimate of drug-likeness (QED) is 0.642. The molecule has 0 unspecified atom stereocenters. The Bertz CT molecular complexity index is 1090. The average molecular weight is 431 g/mol. The number of aryl methyl sites for hydroxylation is 2. The van der Waals surface area contributed by atoms with Crippen molar-refractivity contribution < 1.29 is 14.0 Å². The number of halogens is 1. The summed E-state index contributed by atoms with van der Waals surface area (Å²) in [5, 5.41) is 2.98. The van der Waals surface area contributed by atoms with Gasteiger partial charge in [0.1, 0.15) is 5.82 Å². The molecule has 2 amide bonds. The first-order valence-corrected chi connectivity index (χ1v) is 10.9. The lowest BCUT2D eigenvalue weighted by molar-refractivity contribution is -0.125. The van der Waals surface area contributed by atoms with E-state index in [0.29, 0.717) is 25.2 Å². The second-order valence-corrected chi connectivity index (χ2v) is 8.54. The number of rotatable bonds is 5. The van der Waals surface area contributed by atoms with Crippen LogP contribution in [0.3, 0.4) is 0 Å². The van der Waals surface area contributed by atoms with Gasteiger partial charge in [-0.05, 0) is 49.2 Å². The van der Waals surface area contributed by atoms with Gasteiger partial charge in [-0.2, -0.15) is 0 Å². The minimum absolute atomic E-state index is 0.0593. The molecule has 0 radical (unpaired) electrons. The third-order valence-electron chi connectivity index (χ3n) is 6.13. The fourth-order valence-corrected chi connectivity index (χ4v) is 4.19. The van der Waals surface area contributed by atoms with Gasteiger partial charge in [0.2, 0.25) is 5.91 Å². The molecule has 0 aliphatic carbocycles. The first kappa shape index (κ1) is 21.8. The van der Waals surface area contributed by atoms with E-state index < -0.39 is 0 Å². The number of amides is 2. The summed E-state index contributed by atoms with van der Waals surface area (Å²) in [5.74, 6) is -0.901. The van der Waals surface area contributed by atoms with Gasteiger partial charge in [-0.1, -0.05) is 59.7 Å². The Balaban J connectivity index is 1.53. The molecule has 0 bridgehead atoms. The lowest BCUT2D eigenvalue weighted by Crippen LogP contribution is -2.35. The molecule has 5 heteroatoms. The molecule has 3 aromatic rings. The maximum Gasteiger partial charge on any atom is 0.253 e. The van der Waals surface area contributed by atoms with Crippen molar-refractivity contribution in [3.05, 3.63) is 106 Å². The predicted molar refractivity (Wildman–Crippen MR) is 123 cm³/mol. The Hall–Kier alpha value is -3.47. The van der Waals surface area contributed by atoms with E-state index in [2.05, 4.69) is 5.32 Å². The highest BCUT2D eigenvalue weighted by Crippen LogP contribution is 2.34. The number of hydrogen-bond donors (Lipinski definition) is 1. The van der Waals surface area contributed by atoms with Crippen LogP contribution >= 0.6 is 0 Å². The van der Waals surface area contributed by atoms with E-state index >= 15 is 0 Å².